The van der Waals surface area contributed by atoms with Crippen LogP contribution >= 0.6 is 0 Å². The lowest BCUT2D eigenvalue weighted by Gasteiger charge is -2.08. The van der Waals surface area contributed by atoms with E-state index in [1.54, 1.807) is 24.3 Å². The van der Waals surface area contributed by atoms with Crippen LogP contribution in [0, 0.1) is 11.3 Å². The molecule has 0 aliphatic carbocycles. The number of aromatic nitrogens is 2. The van der Waals surface area contributed by atoms with E-state index in [1.165, 1.54) is 0 Å². The molecule has 0 amide bonds. The van der Waals surface area contributed by atoms with E-state index in [9.17, 15) is 10.1 Å². The van der Waals surface area contributed by atoms with Gasteiger partial charge in [-0.2, -0.15) is 5.26 Å². The summed E-state index contributed by atoms with van der Waals surface area (Å²) in [7, 11) is 0. The van der Waals surface area contributed by atoms with Gasteiger partial charge in [-0.15, -0.1) is 0 Å². The summed E-state index contributed by atoms with van der Waals surface area (Å²) in [6.45, 7) is 2.63. The number of aromatic amines is 1. The molecule has 5 heteroatoms. The molecule has 3 aromatic rings. The standard InChI is InChI=1S/C20H17N3O2/c1-2-11-25-18-10-6-3-7-14(18)12-15(13-21)19-22-17-9-5-4-8-16(17)20(24)23-19/h3-10,12H,2,11H2,1H3,(H,22,23,24). The molecule has 0 radical (unpaired) electrons. The average Bonchev–Trinajstić information content (AvgIpc) is 2.65. The first-order valence-corrected chi connectivity index (χ1v) is 8.06. The number of nitrogens with one attached hydrogen (secondary N) is 1. The molecule has 124 valence electrons. The molecule has 5 nitrogen and oxygen atoms in total. The van der Waals surface area contributed by atoms with Crippen LogP contribution < -0.4 is 10.3 Å². The quantitative estimate of drug-likeness (QED) is 0.722. The molecule has 2 aromatic carbocycles. The second kappa shape index (κ2) is 7.45. The molecule has 1 N–H and O–H groups in total. The topological polar surface area (TPSA) is 78.8 Å². The zero-order chi connectivity index (χ0) is 17.6. The number of fused-ring (bicyclic) bond motifs is 1. The third kappa shape index (κ3) is 3.59. The van der Waals surface area contributed by atoms with Crippen LogP contribution in [0.15, 0.2) is 53.3 Å². The number of rotatable bonds is 5. The molecule has 1 aromatic heterocycles. The summed E-state index contributed by atoms with van der Waals surface area (Å²) in [5.41, 5.74) is 1.33. The van der Waals surface area contributed by atoms with Crippen molar-refractivity contribution >= 4 is 22.6 Å². The second-order valence-corrected chi connectivity index (χ2v) is 5.49. The first-order chi connectivity index (χ1) is 12.2. The fourth-order valence-electron chi connectivity index (χ4n) is 2.47. The lowest BCUT2D eigenvalue weighted by molar-refractivity contribution is 0.317. The van der Waals surface area contributed by atoms with Crippen LogP contribution in [-0.4, -0.2) is 16.6 Å². The maximum atomic E-state index is 12.2. The third-order valence-corrected chi connectivity index (χ3v) is 3.67. The minimum Gasteiger partial charge on any atom is -0.493 e. The molecule has 0 aliphatic heterocycles. The van der Waals surface area contributed by atoms with Crippen molar-refractivity contribution in [3.63, 3.8) is 0 Å². The van der Waals surface area contributed by atoms with Crippen molar-refractivity contribution in [2.75, 3.05) is 6.61 Å². The van der Waals surface area contributed by atoms with E-state index in [2.05, 4.69) is 16.0 Å². The summed E-state index contributed by atoms with van der Waals surface area (Å²) in [5, 5.41) is 10.0. The zero-order valence-electron chi connectivity index (χ0n) is 13.8. The maximum Gasteiger partial charge on any atom is 0.259 e. The Bertz CT molecular complexity index is 1030. The van der Waals surface area contributed by atoms with Gasteiger partial charge in [0.2, 0.25) is 0 Å². The summed E-state index contributed by atoms with van der Waals surface area (Å²) in [6.07, 6.45) is 2.57. The zero-order valence-corrected chi connectivity index (χ0v) is 13.8. The fourth-order valence-corrected chi connectivity index (χ4v) is 2.47. The van der Waals surface area contributed by atoms with Crippen molar-refractivity contribution in [1.82, 2.24) is 9.97 Å². The lowest BCUT2D eigenvalue weighted by Crippen LogP contribution is -2.11. The van der Waals surface area contributed by atoms with E-state index in [4.69, 9.17) is 4.74 Å². The van der Waals surface area contributed by atoms with Crippen LogP contribution in [0.4, 0.5) is 0 Å². The van der Waals surface area contributed by atoms with Crippen molar-refractivity contribution in [2.24, 2.45) is 0 Å². The third-order valence-electron chi connectivity index (χ3n) is 3.67. The normalized spacial score (nSPS) is 11.3. The highest BCUT2D eigenvalue weighted by atomic mass is 16.5. The Kier molecular flexibility index (Phi) is 4.91. The van der Waals surface area contributed by atoms with Crippen LogP contribution in [0.2, 0.25) is 0 Å². The van der Waals surface area contributed by atoms with Crippen LogP contribution in [0.3, 0.4) is 0 Å². The Hall–Kier alpha value is -3.39. The van der Waals surface area contributed by atoms with Gasteiger partial charge < -0.3 is 9.72 Å². The first kappa shape index (κ1) is 16.5. The molecule has 1 heterocycles. The summed E-state index contributed by atoms with van der Waals surface area (Å²) < 4.78 is 5.72. The van der Waals surface area contributed by atoms with Gasteiger partial charge in [0, 0.05) is 5.56 Å². The van der Waals surface area contributed by atoms with Crippen molar-refractivity contribution in [3.8, 4) is 11.8 Å². The van der Waals surface area contributed by atoms with Crippen molar-refractivity contribution < 1.29 is 4.74 Å². The number of nitriles is 1. The molecule has 0 atom stereocenters. The first-order valence-electron chi connectivity index (χ1n) is 8.06. The highest BCUT2D eigenvalue weighted by Gasteiger charge is 2.09. The maximum absolute atomic E-state index is 12.2. The van der Waals surface area contributed by atoms with Crippen LogP contribution in [0.5, 0.6) is 5.75 Å². The summed E-state index contributed by atoms with van der Waals surface area (Å²) in [4.78, 5) is 19.3. The highest BCUT2D eigenvalue weighted by Crippen LogP contribution is 2.23. The molecule has 0 spiro atoms. The molecule has 0 bridgehead atoms. The number of H-pyrrole nitrogens is 1. The number of benzene rings is 2. The van der Waals surface area contributed by atoms with Gasteiger partial charge in [-0.1, -0.05) is 37.3 Å². The molecule has 0 fully saturated rings. The van der Waals surface area contributed by atoms with Crippen molar-refractivity contribution in [2.45, 2.75) is 13.3 Å². The van der Waals surface area contributed by atoms with Gasteiger partial charge in [-0.25, -0.2) is 4.98 Å². The molecule has 0 aliphatic rings. The Labute approximate surface area is 145 Å². The van der Waals surface area contributed by atoms with Crippen molar-refractivity contribution in [3.05, 3.63) is 70.3 Å². The second-order valence-electron chi connectivity index (χ2n) is 5.49. The van der Waals surface area contributed by atoms with Crippen LogP contribution in [-0.2, 0) is 0 Å². The van der Waals surface area contributed by atoms with Crippen molar-refractivity contribution in [1.29, 1.82) is 5.26 Å². The fraction of sp³-hybridized carbons (Fsp3) is 0.150. The van der Waals surface area contributed by atoms with E-state index in [0.29, 0.717) is 23.3 Å². The number of nitrogens with zero attached hydrogens (tertiary/aromatic N) is 2. The minimum absolute atomic E-state index is 0.247. The number of hydrogen-bond donors (Lipinski definition) is 1. The van der Waals surface area contributed by atoms with Gasteiger partial charge in [0.15, 0.2) is 5.82 Å². The van der Waals surface area contributed by atoms with Gasteiger partial charge in [-0.3, -0.25) is 4.79 Å². The van der Waals surface area contributed by atoms with Crippen LogP contribution in [0.1, 0.15) is 24.7 Å². The lowest BCUT2D eigenvalue weighted by atomic mass is 10.1. The predicted molar refractivity (Wildman–Crippen MR) is 98.1 cm³/mol. The predicted octanol–water partition coefficient (Wildman–Crippen LogP) is 3.78. The summed E-state index contributed by atoms with van der Waals surface area (Å²) in [6, 6.07) is 16.6. The van der Waals surface area contributed by atoms with E-state index in [-0.39, 0.29) is 17.0 Å². The summed E-state index contributed by atoms with van der Waals surface area (Å²) in [5.74, 6) is 0.941. The molecule has 3 rings (SSSR count). The average molecular weight is 331 g/mol. The van der Waals surface area contributed by atoms with Gasteiger partial charge in [0.05, 0.1) is 23.1 Å². The summed E-state index contributed by atoms with van der Waals surface area (Å²) >= 11 is 0. The van der Waals surface area contributed by atoms with Gasteiger partial charge in [0.1, 0.15) is 11.8 Å². The van der Waals surface area contributed by atoms with Gasteiger partial charge in [0.25, 0.3) is 5.56 Å². The minimum atomic E-state index is -0.266. The highest BCUT2D eigenvalue weighted by molar-refractivity contribution is 5.90. The molecular weight excluding hydrogens is 314 g/mol. The Morgan fingerprint density at radius 3 is 2.80 bits per heavy atom. The number of ether oxygens (including phenoxy) is 1. The number of allylic oxidation sites excluding steroid dienone is 1. The van der Waals surface area contributed by atoms with E-state index < -0.39 is 0 Å². The van der Waals surface area contributed by atoms with E-state index in [0.717, 1.165) is 12.0 Å². The largest absolute Gasteiger partial charge is 0.493 e. The number of hydrogen-bond acceptors (Lipinski definition) is 4. The van der Waals surface area contributed by atoms with Gasteiger partial charge in [-0.05, 0) is 30.7 Å². The number of para-hydroxylation sites is 2. The monoisotopic (exact) mass is 331 g/mol. The Balaban J connectivity index is 2.08. The molecular formula is C20H17N3O2. The van der Waals surface area contributed by atoms with Gasteiger partial charge >= 0.3 is 0 Å². The molecule has 25 heavy (non-hydrogen) atoms. The Morgan fingerprint density at radius 1 is 1.24 bits per heavy atom. The molecule has 0 saturated heterocycles. The molecule has 0 saturated carbocycles. The molecule has 0 unspecified atom stereocenters. The van der Waals surface area contributed by atoms with E-state index in [1.807, 2.05) is 37.3 Å². The Morgan fingerprint density at radius 2 is 2.00 bits per heavy atom. The van der Waals surface area contributed by atoms with E-state index >= 15 is 0 Å². The SMILES string of the molecule is CCCOc1ccccc1C=C(C#N)c1nc2ccccc2c(=O)[nH]1. The smallest absolute Gasteiger partial charge is 0.259 e. The van der Waals surface area contributed by atoms with Crippen LogP contribution in [0.25, 0.3) is 22.6 Å².